The minimum absolute atomic E-state index is 0.0381. The summed E-state index contributed by atoms with van der Waals surface area (Å²) in [7, 11) is -3.22. The number of amides is 1. The van der Waals surface area contributed by atoms with Crippen LogP contribution in [0.5, 0.6) is 0 Å². The molecule has 1 atom stereocenters. The zero-order valence-corrected chi connectivity index (χ0v) is 12.6. The third-order valence-corrected chi connectivity index (χ3v) is 5.40. The van der Waals surface area contributed by atoms with E-state index in [1.807, 2.05) is 0 Å². The van der Waals surface area contributed by atoms with Crippen LogP contribution in [0.3, 0.4) is 0 Å². The van der Waals surface area contributed by atoms with Gasteiger partial charge in [0, 0.05) is 6.04 Å². The molecule has 1 aliphatic heterocycles. The molecule has 0 aliphatic carbocycles. The van der Waals surface area contributed by atoms with Crippen LogP contribution in [0.1, 0.15) is 16.8 Å². The molecule has 6 nitrogen and oxygen atoms in total. The topological polar surface area (TPSA) is 91.8 Å². The highest BCUT2D eigenvalue weighted by atomic mass is 35.5. The van der Waals surface area contributed by atoms with Crippen LogP contribution in [-0.4, -0.2) is 54.4 Å². The average Bonchev–Trinajstić information content (AvgIpc) is 2.76. The van der Waals surface area contributed by atoms with Crippen molar-refractivity contribution in [3.8, 4) is 0 Å². The van der Waals surface area contributed by atoms with Crippen molar-refractivity contribution in [3.63, 3.8) is 0 Å². The molecule has 1 aromatic carbocycles. The van der Waals surface area contributed by atoms with Crippen molar-refractivity contribution in [1.29, 1.82) is 0 Å². The maximum absolute atomic E-state index is 12.5. The highest BCUT2D eigenvalue weighted by Crippen LogP contribution is 2.23. The molecule has 0 radical (unpaired) electrons. The first kappa shape index (κ1) is 15.8. The van der Waals surface area contributed by atoms with Gasteiger partial charge in [0.05, 0.1) is 22.1 Å². The SMILES string of the molecule is O=C(O)CN(C(=O)c1ccccc1Cl)C1CCS(=O)(=O)C1. The lowest BCUT2D eigenvalue weighted by molar-refractivity contribution is -0.138. The summed E-state index contributed by atoms with van der Waals surface area (Å²) in [4.78, 5) is 24.5. The van der Waals surface area contributed by atoms with E-state index in [-0.39, 0.29) is 28.5 Å². The van der Waals surface area contributed by atoms with Crippen LogP contribution in [0.15, 0.2) is 24.3 Å². The fourth-order valence-electron chi connectivity index (χ4n) is 2.32. The van der Waals surface area contributed by atoms with E-state index in [9.17, 15) is 18.0 Å². The normalized spacial score (nSPS) is 20.1. The Bertz CT molecular complexity index is 673. The standard InChI is InChI=1S/C13H14ClNO5S/c14-11-4-2-1-3-10(11)13(18)15(7-12(16)17)9-5-6-21(19,20)8-9/h1-4,9H,5-8H2,(H,16,17). The van der Waals surface area contributed by atoms with Gasteiger partial charge >= 0.3 is 5.97 Å². The highest BCUT2D eigenvalue weighted by Gasteiger charge is 2.36. The largest absolute Gasteiger partial charge is 0.480 e. The van der Waals surface area contributed by atoms with Gasteiger partial charge in [0.2, 0.25) is 0 Å². The van der Waals surface area contributed by atoms with Crippen molar-refractivity contribution >= 4 is 33.3 Å². The Hall–Kier alpha value is -1.60. The minimum Gasteiger partial charge on any atom is -0.480 e. The Labute approximate surface area is 127 Å². The number of benzene rings is 1. The van der Waals surface area contributed by atoms with Crippen molar-refractivity contribution in [2.45, 2.75) is 12.5 Å². The second-order valence-corrected chi connectivity index (χ2v) is 7.50. The molecule has 1 aromatic rings. The minimum atomic E-state index is -3.22. The molecule has 1 aliphatic rings. The maximum atomic E-state index is 12.5. The number of hydrogen-bond donors (Lipinski definition) is 1. The van der Waals surface area contributed by atoms with E-state index in [2.05, 4.69) is 0 Å². The van der Waals surface area contributed by atoms with E-state index >= 15 is 0 Å². The van der Waals surface area contributed by atoms with Gasteiger partial charge in [-0.25, -0.2) is 8.42 Å². The predicted octanol–water partition coefficient (Wildman–Crippen LogP) is 1.05. The second-order valence-electron chi connectivity index (χ2n) is 4.86. The molecule has 0 spiro atoms. The van der Waals surface area contributed by atoms with Gasteiger partial charge in [-0.15, -0.1) is 0 Å². The summed E-state index contributed by atoms with van der Waals surface area (Å²) in [5.74, 6) is -2.01. The summed E-state index contributed by atoms with van der Waals surface area (Å²) in [6.45, 7) is -0.551. The van der Waals surface area contributed by atoms with Crippen LogP contribution in [0.2, 0.25) is 5.02 Å². The Morgan fingerprint density at radius 3 is 2.52 bits per heavy atom. The number of sulfone groups is 1. The maximum Gasteiger partial charge on any atom is 0.323 e. The van der Waals surface area contributed by atoms with E-state index in [0.717, 1.165) is 4.90 Å². The van der Waals surface area contributed by atoms with Crippen LogP contribution in [0, 0.1) is 0 Å². The fraction of sp³-hybridized carbons (Fsp3) is 0.385. The van der Waals surface area contributed by atoms with Gasteiger partial charge in [-0.2, -0.15) is 0 Å². The van der Waals surface area contributed by atoms with Crippen molar-refractivity contribution in [3.05, 3.63) is 34.9 Å². The lowest BCUT2D eigenvalue weighted by Gasteiger charge is -2.26. The third-order valence-electron chi connectivity index (χ3n) is 3.32. The van der Waals surface area contributed by atoms with Crippen molar-refractivity contribution in [2.75, 3.05) is 18.1 Å². The molecule has 21 heavy (non-hydrogen) atoms. The summed E-state index contributed by atoms with van der Waals surface area (Å²) < 4.78 is 23.1. The quantitative estimate of drug-likeness (QED) is 0.890. The number of halogens is 1. The van der Waals surface area contributed by atoms with Gasteiger partial charge in [0.25, 0.3) is 5.91 Å². The number of carboxylic acid groups (broad SMARTS) is 1. The average molecular weight is 332 g/mol. The Morgan fingerprint density at radius 2 is 2.00 bits per heavy atom. The zero-order valence-electron chi connectivity index (χ0n) is 11.0. The second kappa shape index (κ2) is 6.03. The number of carbonyl (C=O) groups excluding carboxylic acids is 1. The molecule has 1 saturated heterocycles. The lowest BCUT2D eigenvalue weighted by atomic mass is 10.1. The summed E-state index contributed by atoms with van der Waals surface area (Å²) >= 11 is 5.95. The van der Waals surface area contributed by atoms with Crippen molar-refractivity contribution in [2.24, 2.45) is 0 Å². The summed E-state index contributed by atoms with van der Waals surface area (Å²) in [5, 5.41) is 9.17. The first-order chi connectivity index (χ1) is 9.80. The molecule has 1 fully saturated rings. The number of aliphatic carboxylic acids is 1. The summed E-state index contributed by atoms with van der Waals surface area (Å²) in [6, 6.07) is 5.65. The van der Waals surface area contributed by atoms with E-state index < -0.39 is 34.3 Å². The molecular weight excluding hydrogens is 318 g/mol. The van der Waals surface area contributed by atoms with Gasteiger partial charge in [0.1, 0.15) is 6.54 Å². The number of rotatable bonds is 4. The van der Waals surface area contributed by atoms with Crippen LogP contribution < -0.4 is 0 Å². The van der Waals surface area contributed by atoms with Gasteiger partial charge in [-0.05, 0) is 18.6 Å². The monoisotopic (exact) mass is 331 g/mol. The van der Waals surface area contributed by atoms with E-state index in [0.29, 0.717) is 0 Å². The number of carboxylic acids is 1. The van der Waals surface area contributed by atoms with Crippen LogP contribution in [0.25, 0.3) is 0 Å². The molecule has 8 heteroatoms. The fourth-order valence-corrected chi connectivity index (χ4v) is 4.27. The van der Waals surface area contributed by atoms with E-state index in [1.165, 1.54) is 12.1 Å². The molecule has 1 heterocycles. The van der Waals surface area contributed by atoms with Gasteiger partial charge < -0.3 is 10.0 Å². The molecule has 0 saturated carbocycles. The number of nitrogens with zero attached hydrogens (tertiary/aromatic N) is 1. The Kier molecular flexibility index (Phi) is 4.53. The Morgan fingerprint density at radius 1 is 1.33 bits per heavy atom. The third kappa shape index (κ3) is 3.74. The molecule has 1 unspecified atom stereocenters. The summed E-state index contributed by atoms with van der Waals surface area (Å²) in [5.41, 5.74) is 0.171. The molecular formula is C13H14ClNO5S. The van der Waals surface area contributed by atoms with Crippen LogP contribution in [0.4, 0.5) is 0 Å². The molecule has 114 valence electrons. The van der Waals surface area contributed by atoms with Gasteiger partial charge in [-0.3, -0.25) is 9.59 Å². The molecule has 1 N–H and O–H groups in total. The molecule has 0 aromatic heterocycles. The van der Waals surface area contributed by atoms with Crippen molar-refractivity contribution < 1.29 is 23.1 Å². The molecule has 2 rings (SSSR count). The first-order valence-corrected chi connectivity index (χ1v) is 8.48. The van der Waals surface area contributed by atoms with Gasteiger partial charge in [-0.1, -0.05) is 23.7 Å². The van der Waals surface area contributed by atoms with Crippen LogP contribution >= 0.6 is 11.6 Å². The van der Waals surface area contributed by atoms with E-state index in [4.69, 9.17) is 16.7 Å². The predicted molar refractivity (Wildman–Crippen MR) is 77.2 cm³/mol. The molecule has 1 amide bonds. The molecule has 0 bridgehead atoms. The van der Waals surface area contributed by atoms with E-state index in [1.54, 1.807) is 12.1 Å². The van der Waals surface area contributed by atoms with Gasteiger partial charge in [0.15, 0.2) is 9.84 Å². The first-order valence-electron chi connectivity index (χ1n) is 6.28. The lowest BCUT2D eigenvalue weighted by Crippen LogP contribution is -2.44. The smallest absolute Gasteiger partial charge is 0.323 e. The highest BCUT2D eigenvalue weighted by molar-refractivity contribution is 7.91. The Balaban J connectivity index is 2.30. The zero-order chi connectivity index (χ0) is 15.6. The van der Waals surface area contributed by atoms with Crippen molar-refractivity contribution in [1.82, 2.24) is 4.90 Å². The van der Waals surface area contributed by atoms with Crippen LogP contribution in [-0.2, 0) is 14.6 Å². The summed E-state index contributed by atoms with van der Waals surface area (Å²) in [6.07, 6.45) is 0.242. The number of carbonyl (C=O) groups is 2. The number of hydrogen-bond acceptors (Lipinski definition) is 4.